The molecule has 0 spiro atoms. The molecule has 20 heavy (non-hydrogen) atoms. The molecule has 0 fully saturated rings. The van der Waals surface area contributed by atoms with Crippen molar-refractivity contribution in [2.24, 2.45) is 0 Å². The van der Waals surface area contributed by atoms with Gasteiger partial charge in [0.2, 0.25) is 0 Å². The monoisotopic (exact) mass is 334 g/mol. The Labute approximate surface area is 101 Å². The van der Waals surface area contributed by atoms with Crippen molar-refractivity contribution >= 4 is 5.78 Å². The Balaban J connectivity index is 0. The molecule has 0 aliphatic carbocycles. The van der Waals surface area contributed by atoms with Gasteiger partial charge in [-0.3, -0.25) is 4.79 Å². The van der Waals surface area contributed by atoms with Gasteiger partial charge >= 0.3 is 36.6 Å². The number of alkyl halides is 12. The average molecular weight is 334 g/mol. The molecule has 0 radical (unpaired) electrons. The molecule has 0 amide bonds. The number of aliphatic hydroxyl groups is 1. The van der Waals surface area contributed by atoms with Crippen LogP contribution < -0.4 is 0 Å². The van der Waals surface area contributed by atoms with Crippen LogP contribution in [0.25, 0.3) is 0 Å². The fourth-order valence-corrected chi connectivity index (χ4v) is 0.284. The lowest BCUT2D eigenvalue weighted by Crippen LogP contribution is -2.47. The zero-order valence-corrected chi connectivity index (χ0v) is 8.47. The van der Waals surface area contributed by atoms with Crippen LogP contribution in [0.15, 0.2) is 0 Å². The van der Waals surface area contributed by atoms with Gasteiger partial charge in [-0.05, 0) is 0 Å². The van der Waals surface area contributed by atoms with E-state index in [0.29, 0.717) is 0 Å². The number of ketones is 1. The van der Waals surface area contributed by atoms with Gasteiger partial charge in [-0.25, -0.2) is 8.78 Å². The van der Waals surface area contributed by atoms with Crippen molar-refractivity contribution in [3.05, 3.63) is 0 Å². The lowest BCUT2D eigenvalue weighted by Gasteiger charge is -2.20. The second-order valence-electron chi connectivity index (χ2n) is 2.80. The van der Waals surface area contributed by atoms with Crippen LogP contribution in [0, 0.1) is 0 Å². The highest BCUT2D eigenvalue weighted by Crippen LogP contribution is 2.36. The van der Waals surface area contributed by atoms with E-state index in [-0.39, 0.29) is 0 Å². The van der Waals surface area contributed by atoms with Crippen molar-refractivity contribution in [1.29, 1.82) is 0 Å². The standard InChI is InChI=1S/C3H2F6O.C3F6O/c4-1(5)2(6,10)3(7,8)9;4-2(5,6)1(10)3(7,8)9/h1,10H;. The molecule has 1 atom stereocenters. The molecule has 14 heteroatoms. The minimum Gasteiger partial charge on any atom is -0.350 e. The number of carbonyl (C=O) groups excluding carboxylic acids is 1. The van der Waals surface area contributed by atoms with Crippen molar-refractivity contribution in [3.8, 4) is 0 Å². The summed E-state index contributed by atoms with van der Waals surface area (Å²) >= 11 is 0. The van der Waals surface area contributed by atoms with Gasteiger partial charge in [0, 0.05) is 0 Å². The van der Waals surface area contributed by atoms with E-state index in [4.69, 9.17) is 5.11 Å². The van der Waals surface area contributed by atoms with Gasteiger partial charge in [0.1, 0.15) is 0 Å². The van der Waals surface area contributed by atoms with Gasteiger partial charge in [-0.1, -0.05) is 0 Å². The topological polar surface area (TPSA) is 37.3 Å². The fourth-order valence-electron chi connectivity index (χ4n) is 0.284. The first-order valence-corrected chi connectivity index (χ1v) is 3.79. The van der Waals surface area contributed by atoms with Gasteiger partial charge in [0.15, 0.2) is 0 Å². The van der Waals surface area contributed by atoms with E-state index < -0.39 is 36.6 Å². The number of Topliss-reactive ketones (excluding diaryl/α,β-unsaturated/α-hetero) is 1. The number of rotatable bonds is 1. The van der Waals surface area contributed by atoms with Crippen molar-refractivity contribution in [2.75, 3.05) is 0 Å². The SMILES string of the molecule is O=C(C(F)(F)F)C(F)(F)F.OC(F)(C(F)F)C(F)(F)F. The number of carbonyl (C=O) groups is 1. The van der Waals surface area contributed by atoms with Gasteiger partial charge in [-0.15, -0.1) is 0 Å². The Morgan fingerprint density at radius 1 is 0.750 bits per heavy atom. The van der Waals surface area contributed by atoms with Crippen LogP contribution in [0.4, 0.5) is 52.7 Å². The molecule has 0 aliphatic rings. The second kappa shape index (κ2) is 6.05. The predicted molar refractivity (Wildman–Crippen MR) is 35.2 cm³/mol. The first kappa shape index (κ1) is 21.1. The molecule has 0 saturated heterocycles. The molecule has 0 saturated carbocycles. The lowest BCUT2D eigenvalue weighted by molar-refractivity contribution is -0.352. The van der Waals surface area contributed by atoms with E-state index in [2.05, 4.69) is 0 Å². The molecular weight excluding hydrogens is 332 g/mol. The first-order chi connectivity index (χ1) is 8.35. The first-order valence-electron chi connectivity index (χ1n) is 3.79. The van der Waals surface area contributed by atoms with Crippen molar-refractivity contribution < 1.29 is 62.6 Å². The smallest absolute Gasteiger partial charge is 0.350 e. The van der Waals surface area contributed by atoms with E-state index >= 15 is 0 Å². The minimum absolute atomic E-state index is 3.68. The Hall–Kier alpha value is -1.21. The molecule has 122 valence electrons. The molecular formula is C6H2F12O2. The number of hydrogen-bond donors (Lipinski definition) is 1. The van der Waals surface area contributed by atoms with Crippen LogP contribution in [0.2, 0.25) is 0 Å². The third kappa shape index (κ3) is 6.29. The van der Waals surface area contributed by atoms with Crippen LogP contribution in [0.1, 0.15) is 0 Å². The molecule has 0 rings (SSSR count). The maximum absolute atomic E-state index is 11.4. The van der Waals surface area contributed by atoms with E-state index in [1.165, 1.54) is 0 Å². The quantitative estimate of drug-likeness (QED) is 0.748. The maximum atomic E-state index is 11.4. The summed E-state index contributed by atoms with van der Waals surface area (Å²) in [6.45, 7) is 0. The van der Waals surface area contributed by atoms with Crippen LogP contribution in [-0.2, 0) is 4.79 Å². The predicted octanol–water partition coefficient (Wildman–Crippen LogP) is 3.15. The zero-order valence-electron chi connectivity index (χ0n) is 8.47. The van der Waals surface area contributed by atoms with Crippen molar-refractivity contribution in [1.82, 2.24) is 0 Å². The fraction of sp³-hybridized carbons (Fsp3) is 0.833. The molecule has 0 bridgehead atoms. The van der Waals surface area contributed by atoms with Crippen LogP contribution in [0.3, 0.4) is 0 Å². The van der Waals surface area contributed by atoms with Crippen LogP contribution in [0.5, 0.6) is 0 Å². The molecule has 1 N–H and O–H groups in total. The van der Waals surface area contributed by atoms with Gasteiger partial charge < -0.3 is 5.11 Å². The van der Waals surface area contributed by atoms with Gasteiger partial charge in [0.25, 0.3) is 0 Å². The maximum Gasteiger partial charge on any atom is 0.459 e. The van der Waals surface area contributed by atoms with E-state index in [1.54, 1.807) is 0 Å². The molecule has 0 aromatic rings. The summed E-state index contributed by atoms with van der Waals surface area (Å²) in [4.78, 5) is 9.24. The molecule has 1 unspecified atom stereocenters. The average Bonchev–Trinajstić information content (AvgIpc) is 2.12. The normalized spacial score (nSPS) is 16.3. The Bertz CT molecular complexity index is 304. The summed E-state index contributed by atoms with van der Waals surface area (Å²) in [6.07, 6.45) is -22.1. The summed E-state index contributed by atoms with van der Waals surface area (Å²) in [5.74, 6) is -9.08. The summed E-state index contributed by atoms with van der Waals surface area (Å²) in [5, 5.41) is 7.39. The molecule has 0 aromatic heterocycles. The molecule has 0 aliphatic heterocycles. The Morgan fingerprint density at radius 2 is 1.00 bits per heavy atom. The van der Waals surface area contributed by atoms with Crippen LogP contribution >= 0.6 is 0 Å². The molecule has 2 nitrogen and oxygen atoms in total. The van der Waals surface area contributed by atoms with E-state index in [0.717, 1.165) is 0 Å². The second-order valence-corrected chi connectivity index (χ2v) is 2.80. The molecule has 0 heterocycles. The Kier molecular flexibility index (Phi) is 6.38. The third-order valence-electron chi connectivity index (χ3n) is 1.20. The lowest BCUT2D eigenvalue weighted by atomic mass is 10.3. The summed E-state index contributed by atoms with van der Waals surface area (Å²) < 4.78 is 132. The van der Waals surface area contributed by atoms with E-state index in [9.17, 15) is 57.5 Å². The van der Waals surface area contributed by atoms with Crippen LogP contribution in [-0.4, -0.2) is 41.7 Å². The summed E-state index contributed by atoms with van der Waals surface area (Å²) in [6, 6.07) is 0. The highest BCUT2D eigenvalue weighted by Gasteiger charge is 2.62. The minimum atomic E-state index is -5.94. The number of hydrogen-bond acceptors (Lipinski definition) is 2. The van der Waals surface area contributed by atoms with Gasteiger partial charge in [0.05, 0.1) is 0 Å². The Morgan fingerprint density at radius 3 is 1.00 bits per heavy atom. The van der Waals surface area contributed by atoms with Crippen molar-refractivity contribution in [2.45, 2.75) is 30.8 Å². The third-order valence-corrected chi connectivity index (χ3v) is 1.20. The van der Waals surface area contributed by atoms with Crippen molar-refractivity contribution in [3.63, 3.8) is 0 Å². The summed E-state index contributed by atoms with van der Waals surface area (Å²) in [5.41, 5.74) is 0. The molecule has 0 aromatic carbocycles. The summed E-state index contributed by atoms with van der Waals surface area (Å²) in [7, 11) is 0. The van der Waals surface area contributed by atoms with E-state index in [1.807, 2.05) is 0 Å². The highest BCUT2D eigenvalue weighted by atomic mass is 19.4. The highest BCUT2D eigenvalue weighted by molar-refractivity contribution is 5.89. The van der Waals surface area contributed by atoms with Gasteiger partial charge in [-0.2, -0.15) is 43.9 Å². The largest absolute Gasteiger partial charge is 0.459 e. The number of halogens is 12. The zero-order chi connectivity index (χ0) is 17.2.